The van der Waals surface area contributed by atoms with Crippen LogP contribution < -0.4 is 5.32 Å². The molecule has 106 valence electrons. The Labute approximate surface area is 125 Å². The second-order valence-corrected chi connectivity index (χ2v) is 6.37. The van der Waals surface area contributed by atoms with Crippen LogP contribution in [0.2, 0.25) is 5.02 Å². The van der Waals surface area contributed by atoms with Crippen LogP contribution >= 0.6 is 11.6 Å². The number of pyridine rings is 1. The van der Waals surface area contributed by atoms with Gasteiger partial charge in [-0.05, 0) is 49.4 Å². The summed E-state index contributed by atoms with van der Waals surface area (Å²) in [5.74, 6) is 0.702. The topological polar surface area (TPSA) is 24.9 Å². The number of nitrogens with zero attached hydrogens (tertiary/aromatic N) is 1. The molecular weight excluding hydrogens is 268 g/mol. The van der Waals surface area contributed by atoms with Crippen LogP contribution in [0.3, 0.4) is 0 Å². The molecule has 3 rings (SSSR count). The molecule has 0 spiro atoms. The summed E-state index contributed by atoms with van der Waals surface area (Å²) in [5.41, 5.74) is 3.23. The summed E-state index contributed by atoms with van der Waals surface area (Å²) in [6.07, 6.45) is 7.03. The van der Waals surface area contributed by atoms with Crippen LogP contribution in [0.5, 0.6) is 0 Å². The number of benzene rings is 1. The molecule has 1 heterocycles. The Morgan fingerprint density at radius 2 is 2.10 bits per heavy atom. The highest BCUT2D eigenvalue weighted by atomic mass is 35.5. The second-order valence-electron chi connectivity index (χ2n) is 5.96. The highest BCUT2D eigenvalue weighted by molar-refractivity contribution is 6.35. The molecule has 0 saturated heterocycles. The Kier molecular flexibility index (Phi) is 3.84. The molecule has 2 atom stereocenters. The maximum absolute atomic E-state index is 6.49. The fourth-order valence-electron chi connectivity index (χ4n) is 3.24. The molecule has 3 heteroatoms. The first-order valence-electron chi connectivity index (χ1n) is 7.47. The Morgan fingerprint density at radius 1 is 1.30 bits per heavy atom. The molecule has 2 unspecified atom stereocenters. The first-order valence-corrected chi connectivity index (χ1v) is 7.85. The summed E-state index contributed by atoms with van der Waals surface area (Å²) >= 11 is 6.49. The summed E-state index contributed by atoms with van der Waals surface area (Å²) in [4.78, 5) is 4.50. The van der Waals surface area contributed by atoms with E-state index in [0.29, 0.717) is 12.0 Å². The van der Waals surface area contributed by atoms with Crippen molar-refractivity contribution < 1.29 is 0 Å². The number of nitrogens with one attached hydrogen (secondary N) is 1. The standard InChI is InChI=1S/C17H21ClN2/c1-11-6-3-4-8-15(11)20-17-13-7-5-9-19-16(13)12(2)10-14(17)18/h5,7,9-11,15,20H,3-4,6,8H2,1-2H3. The Balaban J connectivity index is 2.02. The molecule has 0 amide bonds. The quantitative estimate of drug-likeness (QED) is 0.823. The summed E-state index contributed by atoms with van der Waals surface area (Å²) in [6.45, 7) is 4.40. The molecule has 1 aliphatic carbocycles. The number of aryl methyl sites for hydroxylation is 1. The van der Waals surface area contributed by atoms with Crippen molar-refractivity contribution in [3.8, 4) is 0 Å². The van der Waals surface area contributed by atoms with Crippen LogP contribution in [0, 0.1) is 12.8 Å². The number of rotatable bonds is 2. The number of hydrogen-bond acceptors (Lipinski definition) is 2. The summed E-state index contributed by atoms with van der Waals surface area (Å²) < 4.78 is 0. The maximum Gasteiger partial charge on any atom is 0.0752 e. The molecule has 1 fully saturated rings. The van der Waals surface area contributed by atoms with E-state index in [2.05, 4.69) is 30.2 Å². The average Bonchev–Trinajstić information content (AvgIpc) is 2.45. The van der Waals surface area contributed by atoms with Gasteiger partial charge in [0.25, 0.3) is 0 Å². The normalized spacial score (nSPS) is 22.9. The SMILES string of the molecule is Cc1cc(Cl)c(NC2CCCCC2C)c2cccnc12. The van der Waals surface area contributed by atoms with E-state index >= 15 is 0 Å². The molecule has 0 bridgehead atoms. The molecule has 2 nitrogen and oxygen atoms in total. The minimum atomic E-state index is 0.521. The number of aromatic nitrogens is 1. The van der Waals surface area contributed by atoms with Crippen LogP contribution in [0.25, 0.3) is 10.9 Å². The first kappa shape index (κ1) is 13.7. The number of fused-ring (bicyclic) bond motifs is 1. The molecular formula is C17H21ClN2. The van der Waals surface area contributed by atoms with Gasteiger partial charge in [-0.25, -0.2) is 0 Å². The van der Waals surface area contributed by atoms with Crippen molar-refractivity contribution in [1.82, 2.24) is 4.98 Å². The van der Waals surface area contributed by atoms with Gasteiger partial charge in [0.15, 0.2) is 0 Å². The van der Waals surface area contributed by atoms with Gasteiger partial charge in [-0.1, -0.05) is 31.4 Å². The van der Waals surface area contributed by atoms with Crippen molar-refractivity contribution in [2.45, 2.75) is 45.6 Å². The van der Waals surface area contributed by atoms with Crippen LogP contribution in [-0.2, 0) is 0 Å². The zero-order valence-corrected chi connectivity index (χ0v) is 12.9. The molecule has 1 N–H and O–H groups in total. The lowest BCUT2D eigenvalue weighted by Crippen LogP contribution is -2.30. The zero-order valence-electron chi connectivity index (χ0n) is 12.1. The van der Waals surface area contributed by atoms with Crippen LogP contribution in [0.4, 0.5) is 5.69 Å². The lowest BCUT2D eigenvalue weighted by molar-refractivity contribution is 0.350. The average molecular weight is 289 g/mol. The largest absolute Gasteiger partial charge is 0.380 e. The van der Waals surface area contributed by atoms with Crippen molar-refractivity contribution in [3.63, 3.8) is 0 Å². The predicted molar refractivity (Wildman–Crippen MR) is 86.5 cm³/mol. The highest BCUT2D eigenvalue weighted by Crippen LogP contribution is 2.35. The fourth-order valence-corrected chi connectivity index (χ4v) is 3.56. The monoisotopic (exact) mass is 288 g/mol. The maximum atomic E-state index is 6.49. The van der Waals surface area contributed by atoms with Crippen LogP contribution in [0.1, 0.15) is 38.2 Å². The predicted octanol–water partition coefficient (Wildman–Crippen LogP) is 5.19. The van der Waals surface area contributed by atoms with E-state index in [1.165, 1.54) is 25.7 Å². The summed E-state index contributed by atoms with van der Waals surface area (Å²) in [6, 6.07) is 6.63. The molecule has 1 aromatic heterocycles. The van der Waals surface area contributed by atoms with E-state index in [-0.39, 0.29) is 0 Å². The van der Waals surface area contributed by atoms with Gasteiger partial charge < -0.3 is 5.32 Å². The van der Waals surface area contributed by atoms with E-state index in [1.54, 1.807) is 0 Å². The lowest BCUT2D eigenvalue weighted by Gasteiger charge is -2.31. The van der Waals surface area contributed by atoms with Gasteiger partial charge in [0.2, 0.25) is 0 Å². The van der Waals surface area contributed by atoms with Gasteiger partial charge in [-0.3, -0.25) is 4.98 Å². The number of halogens is 1. The first-order chi connectivity index (χ1) is 9.66. The van der Waals surface area contributed by atoms with Crippen molar-refractivity contribution in [3.05, 3.63) is 35.0 Å². The minimum absolute atomic E-state index is 0.521. The van der Waals surface area contributed by atoms with E-state index < -0.39 is 0 Å². The summed E-state index contributed by atoms with van der Waals surface area (Å²) in [7, 11) is 0. The lowest BCUT2D eigenvalue weighted by atomic mass is 9.85. The van der Waals surface area contributed by atoms with Crippen LogP contribution in [-0.4, -0.2) is 11.0 Å². The minimum Gasteiger partial charge on any atom is -0.380 e. The van der Waals surface area contributed by atoms with E-state index in [0.717, 1.165) is 27.2 Å². The zero-order chi connectivity index (χ0) is 14.1. The molecule has 0 aliphatic heterocycles. The summed E-state index contributed by atoms with van der Waals surface area (Å²) in [5, 5.41) is 5.64. The Bertz CT molecular complexity index is 624. The van der Waals surface area contributed by atoms with E-state index in [4.69, 9.17) is 11.6 Å². The molecule has 1 saturated carbocycles. The number of anilines is 1. The van der Waals surface area contributed by atoms with Crippen molar-refractivity contribution in [2.24, 2.45) is 5.92 Å². The van der Waals surface area contributed by atoms with E-state index in [9.17, 15) is 0 Å². The third kappa shape index (κ3) is 2.49. The van der Waals surface area contributed by atoms with Gasteiger partial charge >= 0.3 is 0 Å². The van der Waals surface area contributed by atoms with Gasteiger partial charge in [0.05, 0.1) is 16.2 Å². The van der Waals surface area contributed by atoms with Crippen molar-refractivity contribution >= 4 is 28.2 Å². The Morgan fingerprint density at radius 3 is 2.90 bits per heavy atom. The fraction of sp³-hybridized carbons (Fsp3) is 0.471. The number of hydrogen-bond donors (Lipinski definition) is 1. The molecule has 1 aromatic carbocycles. The van der Waals surface area contributed by atoms with Gasteiger partial charge in [-0.2, -0.15) is 0 Å². The molecule has 1 aliphatic rings. The third-order valence-corrected chi connectivity index (χ3v) is 4.77. The Hall–Kier alpha value is -1.28. The van der Waals surface area contributed by atoms with Crippen molar-refractivity contribution in [1.29, 1.82) is 0 Å². The highest BCUT2D eigenvalue weighted by Gasteiger charge is 2.22. The molecule has 0 radical (unpaired) electrons. The third-order valence-electron chi connectivity index (χ3n) is 4.47. The van der Waals surface area contributed by atoms with Gasteiger partial charge in [0, 0.05) is 17.6 Å². The van der Waals surface area contributed by atoms with Crippen LogP contribution in [0.15, 0.2) is 24.4 Å². The molecule has 20 heavy (non-hydrogen) atoms. The van der Waals surface area contributed by atoms with E-state index in [1.807, 2.05) is 18.3 Å². The smallest absolute Gasteiger partial charge is 0.0752 e. The van der Waals surface area contributed by atoms with Crippen molar-refractivity contribution in [2.75, 3.05) is 5.32 Å². The second kappa shape index (κ2) is 5.61. The van der Waals surface area contributed by atoms with Gasteiger partial charge in [0.1, 0.15) is 0 Å². The molecule has 2 aromatic rings. The van der Waals surface area contributed by atoms with Gasteiger partial charge in [-0.15, -0.1) is 0 Å².